The molecule has 0 heterocycles. The number of carboxylic acids is 1. The van der Waals surface area contributed by atoms with Crippen molar-refractivity contribution in [2.45, 2.75) is 33.6 Å². The van der Waals surface area contributed by atoms with Gasteiger partial charge in [-0.3, -0.25) is 9.59 Å². The number of nitrogens with one attached hydrogen (secondary N) is 1. The number of hydrogen-bond donors (Lipinski definition) is 2. The van der Waals surface area contributed by atoms with Crippen molar-refractivity contribution in [2.75, 3.05) is 6.54 Å². The van der Waals surface area contributed by atoms with Gasteiger partial charge in [0.25, 0.3) is 5.91 Å². The lowest BCUT2D eigenvalue weighted by atomic mass is 9.94. The molecule has 0 fully saturated rings. The lowest BCUT2D eigenvalue weighted by molar-refractivity contribution is -0.138. The van der Waals surface area contributed by atoms with E-state index in [2.05, 4.69) is 21.2 Å². The van der Waals surface area contributed by atoms with Gasteiger partial charge >= 0.3 is 5.97 Å². The van der Waals surface area contributed by atoms with E-state index in [0.29, 0.717) is 18.0 Å². The molecule has 0 unspecified atom stereocenters. The summed E-state index contributed by atoms with van der Waals surface area (Å²) in [5.41, 5.74) is 1.57. The first-order valence-corrected chi connectivity index (χ1v) is 7.85. The topological polar surface area (TPSA) is 66.4 Å². The first-order valence-electron chi connectivity index (χ1n) is 7.06. The molecule has 1 amide bonds. The van der Waals surface area contributed by atoms with Gasteiger partial charge in [-0.15, -0.1) is 0 Å². The van der Waals surface area contributed by atoms with E-state index in [-0.39, 0.29) is 18.2 Å². The Morgan fingerprint density at radius 3 is 2.57 bits per heavy atom. The van der Waals surface area contributed by atoms with Crippen LogP contribution in [-0.4, -0.2) is 23.5 Å². The summed E-state index contributed by atoms with van der Waals surface area (Å²) in [7, 11) is 0. The van der Waals surface area contributed by atoms with E-state index >= 15 is 0 Å². The minimum absolute atomic E-state index is 0.0463. The van der Waals surface area contributed by atoms with Crippen molar-refractivity contribution >= 4 is 27.8 Å². The quantitative estimate of drug-likeness (QED) is 0.784. The summed E-state index contributed by atoms with van der Waals surface area (Å²) >= 11 is 3.41. The highest BCUT2D eigenvalue weighted by atomic mass is 79.9. The summed E-state index contributed by atoms with van der Waals surface area (Å²) in [6, 6.07) is 5.51. The molecule has 5 heteroatoms. The Balaban J connectivity index is 2.68. The third-order valence-electron chi connectivity index (χ3n) is 3.26. The van der Waals surface area contributed by atoms with Crippen molar-refractivity contribution in [2.24, 2.45) is 11.8 Å². The fraction of sp³-hybridized carbons (Fsp3) is 0.500. The molecule has 0 saturated heterocycles. The number of hydrogen-bond acceptors (Lipinski definition) is 2. The van der Waals surface area contributed by atoms with E-state index < -0.39 is 5.97 Å². The van der Waals surface area contributed by atoms with Gasteiger partial charge in [0.1, 0.15) is 0 Å². The second kappa shape index (κ2) is 8.17. The molecule has 21 heavy (non-hydrogen) atoms. The molecule has 4 nitrogen and oxygen atoms in total. The van der Waals surface area contributed by atoms with Gasteiger partial charge in [0, 0.05) is 17.4 Å². The largest absolute Gasteiger partial charge is 0.481 e. The maximum Gasteiger partial charge on any atom is 0.303 e. The lowest BCUT2D eigenvalue weighted by Crippen LogP contribution is -2.31. The van der Waals surface area contributed by atoms with Crippen LogP contribution in [0, 0.1) is 18.8 Å². The molecule has 2 N–H and O–H groups in total. The molecule has 0 bridgehead atoms. The van der Waals surface area contributed by atoms with E-state index in [1.807, 2.05) is 32.9 Å². The molecule has 1 aromatic rings. The first-order chi connectivity index (χ1) is 9.81. The maximum atomic E-state index is 12.2. The Labute approximate surface area is 134 Å². The van der Waals surface area contributed by atoms with Crippen molar-refractivity contribution < 1.29 is 14.7 Å². The normalized spacial score (nSPS) is 12.2. The Morgan fingerprint density at radius 1 is 1.33 bits per heavy atom. The highest BCUT2D eigenvalue weighted by Crippen LogP contribution is 2.21. The van der Waals surface area contributed by atoms with Crippen molar-refractivity contribution in [1.29, 1.82) is 0 Å². The van der Waals surface area contributed by atoms with Gasteiger partial charge in [-0.1, -0.05) is 26.0 Å². The fourth-order valence-electron chi connectivity index (χ4n) is 2.31. The third kappa shape index (κ3) is 5.87. The van der Waals surface area contributed by atoms with Gasteiger partial charge in [0.15, 0.2) is 0 Å². The van der Waals surface area contributed by atoms with Crippen LogP contribution in [0.1, 0.15) is 42.6 Å². The van der Waals surface area contributed by atoms with Crippen LogP contribution >= 0.6 is 15.9 Å². The van der Waals surface area contributed by atoms with Crippen molar-refractivity contribution in [3.8, 4) is 0 Å². The molecule has 1 aromatic carbocycles. The minimum Gasteiger partial charge on any atom is -0.481 e. The molecule has 0 aliphatic rings. The van der Waals surface area contributed by atoms with Crippen LogP contribution in [0.2, 0.25) is 0 Å². The first kappa shape index (κ1) is 17.7. The molecule has 0 radical (unpaired) electrons. The highest BCUT2D eigenvalue weighted by Gasteiger charge is 2.17. The zero-order valence-corrected chi connectivity index (χ0v) is 14.2. The van der Waals surface area contributed by atoms with Gasteiger partial charge in [0.05, 0.1) is 5.56 Å². The molecular weight excluding hydrogens is 334 g/mol. The van der Waals surface area contributed by atoms with Crippen LogP contribution < -0.4 is 5.32 Å². The van der Waals surface area contributed by atoms with Crippen molar-refractivity contribution in [3.63, 3.8) is 0 Å². The summed E-state index contributed by atoms with van der Waals surface area (Å²) in [5, 5.41) is 11.8. The highest BCUT2D eigenvalue weighted by molar-refractivity contribution is 9.10. The number of rotatable bonds is 7. The molecule has 0 aromatic heterocycles. The third-order valence-corrected chi connectivity index (χ3v) is 4.31. The van der Waals surface area contributed by atoms with Crippen molar-refractivity contribution in [3.05, 3.63) is 33.8 Å². The second-order valence-electron chi connectivity index (χ2n) is 5.74. The number of aliphatic carboxylic acids is 1. The number of carbonyl (C=O) groups excluding carboxylic acids is 1. The Hall–Kier alpha value is -1.36. The van der Waals surface area contributed by atoms with Gasteiger partial charge in [0.2, 0.25) is 0 Å². The van der Waals surface area contributed by atoms with Gasteiger partial charge in [-0.2, -0.15) is 0 Å². The van der Waals surface area contributed by atoms with E-state index in [9.17, 15) is 9.59 Å². The molecule has 0 spiro atoms. The second-order valence-corrected chi connectivity index (χ2v) is 6.53. The summed E-state index contributed by atoms with van der Waals surface area (Å²) in [6.07, 6.45) is 0.856. The molecule has 0 aliphatic carbocycles. The van der Waals surface area contributed by atoms with Crippen LogP contribution in [0.15, 0.2) is 22.7 Å². The predicted molar refractivity (Wildman–Crippen MR) is 86.4 cm³/mol. The van der Waals surface area contributed by atoms with E-state index in [1.165, 1.54) is 0 Å². The zero-order chi connectivity index (χ0) is 16.0. The summed E-state index contributed by atoms with van der Waals surface area (Å²) in [5.74, 6) is -0.650. The molecular formula is C16H22BrNO3. The summed E-state index contributed by atoms with van der Waals surface area (Å²) in [4.78, 5) is 23.1. The average Bonchev–Trinajstić information content (AvgIpc) is 2.37. The minimum atomic E-state index is -0.827. The zero-order valence-electron chi connectivity index (χ0n) is 12.6. The number of carbonyl (C=O) groups is 2. The molecule has 1 atom stereocenters. The number of halogens is 1. The molecule has 116 valence electrons. The van der Waals surface area contributed by atoms with Crippen LogP contribution in [0.25, 0.3) is 0 Å². The number of carboxylic acid groups (broad SMARTS) is 1. The van der Waals surface area contributed by atoms with Gasteiger partial charge in [-0.05, 0) is 52.7 Å². The maximum absolute atomic E-state index is 12.2. The van der Waals surface area contributed by atoms with Crippen LogP contribution in [-0.2, 0) is 4.79 Å². The number of benzene rings is 1. The number of aryl methyl sites for hydroxylation is 1. The summed E-state index contributed by atoms with van der Waals surface area (Å²) in [6.45, 7) is 6.40. The Bertz CT molecular complexity index is 514. The number of amides is 1. The fourth-order valence-corrected chi connectivity index (χ4v) is 2.75. The Morgan fingerprint density at radius 2 is 2.00 bits per heavy atom. The SMILES string of the molecule is Cc1cccc(C(=O)NC[C@H](CC(=O)O)CC(C)C)c1Br. The Kier molecular flexibility index (Phi) is 6.89. The van der Waals surface area contributed by atoms with Crippen molar-refractivity contribution in [1.82, 2.24) is 5.32 Å². The van der Waals surface area contributed by atoms with Crippen LogP contribution in [0.5, 0.6) is 0 Å². The van der Waals surface area contributed by atoms with Crippen LogP contribution in [0.4, 0.5) is 0 Å². The molecule has 0 aliphatic heterocycles. The average molecular weight is 356 g/mol. The lowest BCUT2D eigenvalue weighted by Gasteiger charge is -2.18. The monoisotopic (exact) mass is 355 g/mol. The summed E-state index contributed by atoms with van der Waals surface area (Å²) < 4.78 is 0.779. The van der Waals surface area contributed by atoms with E-state index in [4.69, 9.17) is 5.11 Å². The van der Waals surface area contributed by atoms with Gasteiger partial charge in [-0.25, -0.2) is 0 Å². The standard InChI is InChI=1S/C16H22BrNO3/c1-10(2)7-12(8-14(19)20)9-18-16(21)13-6-4-5-11(3)15(13)17/h4-6,10,12H,7-9H2,1-3H3,(H,18,21)(H,19,20)/t12-/m0/s1. The van der Waals surface area contributed by atoms with Crippen LogP contribution in [0.3, 0.4) is 0 Å². The molecule has 0 saturated carbocycles. The smallest absolute Gasteiger partial charge is 0.303 e. The van der Waals surface area contributed by atoms with E-state index in [1.54, 1.807) is 6.07 Å². The molecule has 1 rings (SSSR count). The predicted octanol–water partition coefficient (Wildman–Crippen LogP) is 3.62. The van der Waals surface area contributed by atoms with Gasteiger partial charge < -0.3 is 10.4 Å². The van der Waals surface area contributed by atoms with E-state index in [0.717, 1.165) is 16.5 Å².